The number of carbonyl (C=O) groups is 1. The molecule has 1 saturated carbocycles. The normalized spacial score (nSPS) is 17.3. The summed E-state index contributed by atoms with van der Waals surface area (Å²) >= 11 is 0. The standard InChI is InChI=1S/C10H17N5O/c1-7(10(11)16)15-6-9(13-14-15)5-12-4-8-2-3-8/h6-8,12H,2-5H2,1H3,(H2,11,16). The van der Waals surface area contributed by atoms with Crippen LogP contribution >= 0.6 is 0 Å². The molecule has 1 heterocycles. The van der Waals surface area contributed by atoms with E-state index in [1.165, 1.54) is 17.5 Å². The molecule has 1 amide bonds. The van der Waals surface area contributed by atoms with Crippen molar-refractivity contribution in [3.63, 3.8) is 0 Å². The van der Waals surface area contributed by atoms with E-state index in [-0.39, 0.29) is 0 Å². The summed E-state index contributed by atoms with van der Waals surface area (Å²) in [5.41, 5.74) is 6.02. The van der Waals surface area contributed by atoms with Gasteiger partial charge in [-0.2, -0.15) is 0 Å². The maximum Gasteiger partial charge on any atom is 0.242 e. The predicted octanol–water partition coefficient (Wildman–Crippen LogP) is -0.176. The Morgan fingerprint density at radius 3 is 3.12 bits per heavy atom. The SMILES string of the molecule is CC(C(N)=O)n1cc(CNCC2CC2)nn1. The van der Waals surface area contributed by atoms with E-state index in [0.717, 1.165) is 18.2 Å². The van der Waals surface area contributed by atoms with Crippen LogP contribution in [-0.4, -0.2) is 27.4 Å². The summed E-state index contributed by atoms with van der Waals surface area (Å²) in [6.45, 7) is 3.44. The van der Waals surface area contributed by atoms with Crippen molar-refractivity contribution >= 4 is 5.91 Å². The van der Waals surface area contributed by atoms with E-state index in [0.29, 0.717) is 6.54 Å². The van der Waals surface area contributed by atoms with Gasteiger partial charge in [-0.15, -0.1) is 5.10 Å². The van der Waals surface area contributed by atoms with E-state index in [9.17, 15) is 4.79 Å². The van der Waals surface area contributed by atoms with Crippen LogP contribution in [0.2, 0.25) is 0 Å². The fourth-order valence-electron chi connectivity index (χ4n) is 1.44. The second-order valence-electron chi connectivity index (χ2n) is 4.34. The fourth-order valence-corrected chi connectivity index (χ4v) is 1.44. The molecule has 0 aromatic carbocycles. The number of primary amides is 1. The smallest absolute Gasteiger partial charge is 0.242 e. The third-order valence-corrected chi connectivity index (χ3v) is 2.80. The summed E-state index contributed by atoms with van der Waals surface area (Å²) in [5.74, 6) is 0.446. The first-order valence-electron chi connectivity index (χ1n) is 5.57. The quantitative estimate of drug-likeness (QED) is 0.700. The van der Waals surface area contributed by atoms with Gasteiger partial charge in [-0.05, 0) is 32.2 Å². The molecular formula is C10H17N5O. The highest BCUT2D eigenvalue weighted by Crippen LogP contribution is 2.27. The highest BCUT2D eigenvalue weighted by Gasteiger charge is 2.20. The predicted molar refractivity (Wildman–Crippen MR) is 58.4 cm³/mol. The highest BCUT2D eigenvalue weighted by molar-refractivity contribution is 5.77. The van der Waals surface area contributed by atoms with Crippen molar-refractivity contribution in [2.75, 3.05) is 6.54 Å². The number of hydrogen-bond donors (Lipinski definition) is 2. The van der Waals surface area contributed by atoms with Crippen molar-refractivity contribution in [1.82, 2.24) is 20.3 Å². The Kier molecular flexibility index (Phi) is 3.19. The molecule has 1 aromatic heterocycles. The molecular weight excluding hydrogens is 206 g/mol. The number of aromatic nitrogens is 3. The molecule has 88 valence electrons. The monoisotopic (exact) mass is 223 g/mol. The molecule has 0 saturated heterocycles. The molecule has 2 rings (SSSR count). The van der Waals surface area contributed by atoms with E-state index < -0.39 is 11.9 Å². The zero-order valence-electron chi connectivity index (χ0n) is 9.39. The molecule has 16 heavy (non-hydrogen) atoms. The summed E-state index contributed by atoms with van der Waals surface area (Å²) in [6.07, 6.45) is 4.42. The van der Waals surface area contributed by atoms with Gasteiger partial charge in [0.25, 0.3) is 0 Å². The second-order valence-corrected chi connectivity index (χ2v) is 4.34. The first kappa shape index (κ1) is 11.1. The van der Waals surface area contributed by atoms with Crippen molar-refractivity contribution in [3.8, 4) is 0 Å². The fraction of sp³-hybridized carbons (Fsp3) is 0.700. The van der Waals surface area contributed by atoms with Crippen LogP contribution in [0, 0.1) is 5.92 Å². The number of nitrogens with one attached hydrogen (secondary N) is 1. The molecule has 6 nitrogen and oxygen atoms in total. The molecule has 1 unspecified atom stereocenters. The Balaban J connectivity index is 1.83. The highest BCUT2D eigenvalue weighted by atomic mass is 16.1. The van der Waals surface area contributed by atoms with Gasteiger partial charge in [-0.25, -0.2) is 4.68 Å². The van der Waals surface area contributed by atoms with Gasteiger partial charge in [-0.1, -0.05) is 5.21 Å². The van der Waals surface area contributed by atoms with Crippen molar-refractivity contribution in [3.05, 3.63) is 11.9 Å². The molecule has 0 aliphatic heterocycles. The van der Waals surface area contributed by atoms with Crippen molar-refractivity contribution in [2.24, 2.45) is 11.7 Å². The van der Waals surface area contributed by atoms with Gasteiger partial charge in [0.1, 0.15) is 6.04 Å². The summed E-state index contributed by atoms with van der Waals surface area (Å²) in [4.78, 5) is 10.9. The molecule has 1 atom stereocenters. The first-order valence-corrected chi connectivity index (χ1v) is 5.57. The van der Waals surface area contributed by atoms with E-state index in [2.05, 4.69) is 15.6 Å². The molecule has 1 aliphatic carbocycles. The van der Waals surface area contributed by atoms with Crippen LogP contribution in [0.15, 0.2) is 6.20 Å². The van der Waals surface area contributed by atoms with Crippen LogP contribution in [0.3, 0.4) is 0 Å². The molecule has 0 radical (unpaired) electrons. The lowest BCUT2D eigenvalue weighted by Gasteiger charge is -2.04. The average molecular weight is 223 g/mol. The van der Waals surface area contributed by atoms with E-state index >= 15 is 0 Å². The minimum Gasteiger partial charge on any atom is -0.368 e. The van der Waals surface area contributed by atoms with Crippen molar-refractivity contribution in [2.45, 2.75) is 32.4 Å². The van der Waals surface area contributed by atoms with Crippen molar-refractivity contribution < 1.29 is 4.79 Å². The topological polar surface area (TPSA) is 85.8 Å². The maximum atomic E-state index is 10.9. The first-order chi connectivity index (χ1) is 7.66. The third-order valence-electron chi connectivity index (χ3n) is 2.80. The number of nitrogens with two attached hydrogens (primary N) is 1. The Labute approximate surface area is 94.2 Å². The van der Waals surface area contributed by atoms with Crippen LogP contribution in [0.25, 0.3) is 0 Å². The van der Waals surface area contributed by atoms with Gasteiger partial charge >= 0.3 is 0 Å². The summed E-state index contributed by atoms with van der Waals surface area (Å²) < 4.78 is 1.50. The second kappa shape index (κ2) is 4.61. The maximum absolute atomic E-state index is 10.9. The molecule has 1 aliphatic rings. The van der Waals surface area contributed by atoms with Gasteiger partial charge in [0.2, 0.25) is 5.91 Å². The molecule has 1 fully saturated rings. The molecule has 6 heteroatoms. The Morgan fingerprint density at radius 1 is 1.75 bits per heavy atom. The van der Waals surface area contributed by atoms with E-state index in [4.69, 9.17) is 5.73 Å². The minimum atomic E-state index is -0.440. The van der Waals surface area contributed by atoms with Gasteiger partial charge < -0.3 is 11.1 Å². The van der Waals surface area contributed by atoms with Gasteiger partial charge in [0, 0.05) is 6.54 Å². The number of rotatable bonds is 6. The van der Waals surface area contributed by atoms with E-state index in [1.54, 1.807) is 13.1 Å². The summed E-state index contributed by atoms with van der Waals surface area (Å²) in [5, 5.41) is 11.2. The van der Waals surface area contributed by atoms with Gasteiger partial charge in [0.05, 0.1) is 11.9 Å². The van der Waals surface area contributed by atoms with Gasteiger partial charge in [0.15, 0.2) is 0 Å². The Bertz CT molecular complexity index is 371. The van der Waals surface area contributed by atoms with Crippen LogP contribution in [0.1, 0.15) is 31.5 Å². The summed E-state index contributed by atoms with van der Waals surface area (Å²) in [7, 11) is 0. The average Bonchev–Trinajstić information content (AvgIpc) is 2.94. The lowest BCUT2D eigenvalue weighted by Crippen LogP contribution is -2.24. The van der Waals surface area contributed by atoms with Crippen LogP contribution in [-0.2, 0) is 11.3 Å². The molecule has 0 bridgehead atoms. The Morgan fingerprint density at radius 2 is 2.50 bits per heavy atom. The molecule has 1 aromatic rings. The number of carbonyl (C=O) groups excluding carboxylic acids is 1. The zero-order valence-corrected chi connectivity index (χ0v) is 9.39. The van der Waals surface area contributed by atoms with Crippen molar-refractivity contribution in [1.29, 1.82) is 0 Å². The lowest BCUT2D eigenvalue weighted by molar-refractivity contribution is -0.120. The third kappa shape index (κ3) is 2.79. The van der Waals surface area contributed by atoms with Crippen LogP contribution in [0.4, 0.5) is 0 Å². The number of amides is 1. The van der Waals surface area contributed by atoms with Gasteiger partial charge in [-0.3, -0.25) is 4.79 Å². The lowest BCUT2D eigenvalue weighted by atomic mass is 10.3. The Hall–Kier alpha value is -1.43. The zero-order chi connectivity index (χ0) is 11.5. The van der Waals surface area contributed by atoms with Crippen LogP contribution in [0.5, 0.6) is 0 Å². The number of hydrogen-bond acceptors (Lipinski definition) is 4. The summed E-state index contributed by atoms with van der Waals surface area (Å²) in [6, 6.07) is -0.440. The molecule has 3 N–H and O–H groups in total. The largest absolute Gasteiger partial charge is 0.368 e. The minimum absolute atomic E-state index is 0.401. The number of nitrogens with zero attached hydrogens (tertiary/aromatic N) is 3. The van der Waals surface area contributed by atoms with E-state index in [1.807, 2.05) is 0 Å². The van der Waals surface area contributed by atoms with Crippen LogP contribution < -0.4 is 11.1 Å². The molecule has 0 spiro atoms.